The third-order valence-corrected chi connectivity index (χ3v) is 4.51. The summed E-state index contributed by atoms with van der Waals surface area (Å²) < 4.78 is 7.66. The van der Waals surface area contributed by atoms with Crippen LogP contribution in [0.5, 0.6) is 5.75 Å². The molecule has 1 aliphatic rings. The van der Waals surface area contributed by atoms with Crippen molar-refractivity contribution in [3.05, 3.63) is 58.8 Å². The van der Waals surface area contributed by atoms with Gasteiger partial charge in [0.05, 0.1) is 6.61 Å². The number of hydrogen-bond donors (Lipinski definition) is 0. The number of aromatic nitrogens is 2. The predicted octanol–water partition coefficient (Wildman–Crippen LogP) is 2.73. The Labute approximate surface area is 151 Å². The van der Waals surface area contributed by atoms with E-state index in [4.69, 9.17) is 4.74 Å². The van der Waals surface area contributed by atoms with Gasteiger partial charge in [-0.25, -0.2) is 9.78 Å². The SMILES string of the molecule is CCOc1ccc(N2C(=O)c3c[nH+]c4ccc(Br)cc4[n+]3C2=O)cc1. The zero-order valence-corrected chi connectivity index (χ0v) is 14.9. The number of amides is 2. The van der Waals surface area contributed by atoms with E-state index in [2.05, 4.69) is 20.9 Å². The zero-order valence-electron chi connectivity index (χ0n) is 13.3. The van der Waals surface area contributed by atoms with Crippen LogP contribution in [0.3, 0.4) is 0 Å². The highest BCUT2D eigenvalue weighted by Gasteiger charge is 2.49. The van der Waals surface area contributed by atoms with Gasteiger partial charge in [0.1, 0.15) is 11.4 Å². The number of anilines is 1. The fraction of sp³-hybridized carbons (Fsp3) is 0.111. The van der Waals surface area contributed by atoms with Crippen LogP contribution in [0.1, 0.15) is 17.4 Å². The van der Waals surface area contributed by atoms with Crippen molar-refractivity contribution in [1.29, 1.82) is 0 Å². The quantitative estimate of drug-likeness (QED) is 0.636. The average Bonchev–Trinajstić information content (AvgIpc) is 2.87. The van der Waals surface area contributed by atoms with Crippen LogP contribution in [-0.4, -0.2) is 18.5 Å². The minimum atomic E-state index is -0.402. The summed E-state index contributed by atoms with van der Waals surface area (Å²) in [5, 5.41) is 0. The van der Waals surface area contributed by atoms with Crippen molar-refractivity contribution in [2.45, 2.75) is 6.92 Å². The molecule has 0 aliphatic carbocycles. The van der Waals surface area contributed by atoms with E-state index in [1.807, 2.05) is 25.1 Å². The second-order valence-corrected chi connectivity index (χ2v) is 6.44. The molecule has 0 saturated carbocycles. The predicted molar refractivity (Wildman–Crippen MR) is 93.6 cm³/mol. The maximum atomic E-state index is 13.0. The highest BCUT2D eigenvalue weighted by Crippen LogP contribution is 2.24. The van der Waals surface area contributed by atoms with E-state index in [0.717, 1.165) is 9.99 Å². The smallest absolute Gasteiger partial charge is 0.494 e. The van der Waals surface area contributed by atoms with E-state index in [-0.39, 0.29) is 5.91 Å². The Morgan fingerprint density at radius 3 is 2.64 bits per heavy atom. The van der Waals surface area contributed by atoms with Gasteiger partial charge < -0.3 is 4.74 Å². The molecule has 0 saturated heterocycles. The van der Waals surface area contributed by atoms with Crippen LogP contribution in [0.25, 0.3) is 11.0 Å². The number of benzene rings is 2. The Morgan fingerprint density at radius 2 is 1.92 bits per heavy atom. The van der Waals surface area contributed by atoms with Gasteiger partial charge in [-0.3, -0.25) is 0 Å². The lowest BCUT2D eigenvalue weighted by atomic mass is 10.2. The van der Waals surface area contributed by atoms with Crippen LogP contribution in [-0.2, 0) is 0 Å². The molecule has 7 heteroatoms. The molecule has 2 aromatic carbocycles. The van der Waals surface area contributed by atoms with Gasteiger partial charge in [-0.1, -0.05) is 15.9 Å². The molecular weight excluding hydrogens is 386 g/mol. The van der Waals surface area contributed by atoms with Crippen molar-refractivity contribution in [2.24, 2.45) is 0 Å². The van der Waals surface area contributed by atoms with E-state index in [1.54, 1.807) is 30.5 Å². The summed E-state index contributed by atoms with van der Waals surface area (Å²) >= 11 is 3.41. The highest BCUT2D eigenvalue weighted by molar-refractivity contribution is 9.10. The minimum Gasteiger partial charge on any atom is -0.494 e. The Bertz CT molecular complexity index is 1020. The first-order chi connectivity index (χ1) is 12.1. The number of aromatic amines is 1. The summed E-state index contributed by atoms with van der Waals surface area (Å²) in [7, 11) is 0. The number of fused-ring (bicyclic) bond motifs is 3. The number of ether oxygens (including phenoxy) is 1. The number of H-pyrrole nitrogens is 1. The molecule has 2 heterocycles. The summed E-state index contributed by atoms with van der Waals surface area (Å²) in [5.74, 6) is 0.325. The lowest BCUT2D eigenvalue weighted by molar-refractivity contribution is -0.551. The molecule has 0 spiro atoms. The van der Waals surface area contributed by atoms with Gasteiger partial charge in [-0.05, 0) is 37.3 Å². The van der Waals surface area contributed by atoms with Gasteiger partial charge in [0, 0.05) is 16.6 Å². The lowest BCUT2D eigenvalue weighted by Gasteiger charge is -2.06. The molecule has 25 heavy (non-hydrogen) atoms. The monoisotopic (exact) mass is 399 g/mol. The molecule has 124 valence electrons. The molecule has 0 unspecified atom stereocenters. The van der Waals surface area contributed by atoms with Crippen LogP contribution in [0.4, 0.5) is 10.5 Å². The molecule has 3 aromatic rings. The molecule has 4 rings (SSSR count). The van der Waals surface area contributed by atoms with Crippen LogP contribution in [0, 0.1) is 0 Å². The number of halogens is 1. The first-order valence-electron chi connectivity index (χ1n) is 7.78. The van der Waals surface area contributed by atoms with Gasteiger partial charge in [0.25, 0.3) is 11.2 Å². The standard InChI is InChI=1S/C18H13BrN3O3/c1-2-25-13-6-4-12(5-7-13)21-17(23)16-10-20-14-8-3-11(19)9-15(14)22(16)18(21)24/h3-10H,2H2,1H3/q+1/p+1. The molecular formula is C18H14BrN3O3+2. The lowest BCUT2D eigenvalue weighted by Crippen LogP contribution is -2.47. The van der Waals surface area contributed by atoms with E-state index >= 15 is 0 Å². The Morgan fingerprint density at radius 1 is 1.16 bits per heavy atom. The summed E-state index contributed by atoms with van der Waals surface area (Å²) in [6, 6.07) is 12.0. The van der Waals surface area contributed by atoms with E-state index in [0.29, 0.717) is 29.3 Å². The van der Waals surface area contributed by atoms with Crippen molar-refractivity contribution in [1.82, 2.24) is 0 Å². The molecule has 1 aliphatic heterocycles. The van der Waals surface area contributed by atoms with Crippen molar-refractivity contribution < 1.29 is 23.9 Å². The van der Waals surface area contributed by atoms with Crippen LogP contribution in [0.2, 0.25) is 0 Å². The number of rotatable bonds is 3. The maximum absolute atomic E-state index is 13.0. The number of carbonyl (C=O) groups excluding carboxylic acids is 2. The van der Waals surface area contributed by atoms with Crippen molar-refractivity contribution in [3.8, 4) is 5.75 Å². The van der Waals surface area contributed by atoms with Crippen molar-refractivity contribution in [2.75, 3.05) is 11.5 Å². The zero-order chi connectivity index (χ0) is 17.6. The Kier molecular flexibility index (Phi) is 3.73. The first kappa shape index (κ1) is 15.7. The number of nitrogens with one attached hydrogen (secondary N) is 1. The van der Waals surface area contributed by atoms with Gasteiger partial charge in [-0.15, -0.1) is 9.47 Å². The molecule has 2 amide bonds. The number of hydrogen-bond acceptors (Lipinski definition) is 3. The van der Waals surface area contributed by atoms with Gasteiger partial charge in [-0.2, -0.15) is 4.79 Å². The van der Waals surface area contributed by atoms with Gasteiger partial charge >= 0.3 is 11.9 Å². The van der Waals surface area contributed by atoms with Gasteiger partial charge in [0.2, 0.25) is 11.7 Å². The summed E-state index contributed by atoms with van der Waals surface area (Å²) in [4.78, 5) is 30.0. The molecule has 0 fully saturated rings. The second-order valence-electron chi connectivity index (χ2n) is 5.52. The average molecular weight is 400 g/mol. The fourth-order valence-corrected chi connectivity index (χ4v) is 3.25. The van der Waals surface area contributed by atoms with Gasteiger partial charge in [0.15, 0.2) is 0 Å². The number of imide groups is 1. The van der Waals surface area contributed by atoms with Crippen LogP contribution >= 0.6 is 15.9 Å². The van der Waals surface area contributed by atoms with E-state index < -0.39 is 6.03 Å². The molecule has 1 aromatic heterocycles. The van der Waals surface area contributed by atoms with Crippen molar-refractivity contribution in [3.63, 3.8) is 0 Å². The molecule has 6 nitrogen and oxygen atoms in total. The van der Waals surface area contributed by atoms with Crippen LogP contribution in [0.15, 0.2) is 53.1 Å². The molecule has 0 bridgehead atoms. The molecule has 1 N–H and O–H groups in total. The number of carbonyl (C=O) groups is 2. The third kappa shape index (κ3) is 2.47. The fourth-order valence-electron chi connectivity index (χ4n) is 2.90. The highest BCUT2D eigenvalue weighted by atomic mass is 79.9. The summed E-state index contributed by atoms with van der Waals surface area (Å²) in [6.45, 7) is 2.45. The summed E-state index contributed by atoms with van der Waals surface area (Å²) in [6.07, 6.45) is 1.56. The number of nitrogens with zero attached hydrogens (tertiary/aromatic N) is 2. The third-order valence-electron chi connectivity index (χ3n) is 4.02. The first-order valence-corrected chi connectivity index (χ1v) is 8.57. The maximum Gasteiger partial charge on any atom is 0.512 e. The normalized spacial score (nSPS) is 13.4. The topological polar surface area (TPSA) is 64.6 Å². The molecule has 0 radical (unpaired) electrons. The molecule has 0 atom stereocenters. The largest absolute Gasteiger partial charge is 0.512 e. The van der Waals surface area contributed by atoms with Crippen LogP contribution < -0.4 is 19.2 Å². The van der Waals surface area contributed by atoms with E-state index in [9.17, 15) is 9.59 Å². The summed E-state index contributed by atoms with van der Waals surface area (Å²) in [5.41, 5.74) is 2.20. The second kappa shape index (κ2) is 5.93. The van der Waals surface area contributed by atoms with Crippen molar-refractivity contribution >= 4 is 44.6 Å². The van der Waals surface area contributed by atoms with E-state index in [1.165, 1.54) is 9.47 Å². The Hall–Kier alpha value is -2.80. The minimum absolute atomic E-state index is 0.296. The Balaban J connectivity index is 1.82.